The highest BCUT2D eigenvalue weighted by Gasteiger charge is 2.15. The van der Waals surface area contributed by atoms with Crippen molar-refractivity contribution >= 4 is 21.9 Å². The molecular weight excluding hydrogens is 338 g/mol. The van der Waals surface area contributed by atoms with Crippen LogP contribution in [0.15, 0.2) is 76.2 Å². The Morgan fingerprint density at radius 3 is 2.48 bits per heavy atom. The maximum absolute atomic E-state index is 12.8. The van der Waals surface area contributed by atoms with Crippen LogP contribution in [0.1, 0.15) is 5.56 Å². The predicted molar refractivity (Wildman–Crippen MR) is 92.3 cm³/mol. The fraction of sp³-hybridized carbons (Fsp3) is 0.100. The molecule has 5 heteroatoms. The van der Waals surface area contributed by atoms with E-state index >= 15 is 0 Å². The van der Waals surface area contributed by atoms with E-state index in [4.69, 9.17) is 9.15 Å². The zero-order valence-electron chi connectivity index (χ0n) is 13.6. The van der Waals surface area contributed by atoms with Crippen LogP contribution in [0.25, 0.3) is 21.9 Å². The zero-order valence-corrected chi connectivity index (χ0v) is 14.4. The van der Waals surface area contributed by atoms with E-state index in [2.05, 4.69) is 0 Å². The molecule has 0 spiro atoms. The number of halogens is 1. The molecule has 0 bridgehead atoms. The lowest BCUT2D eigenvalue weighted by Gasteiger charge is -2.08. The van der Waals surface area contributed by atoms with E-state index in [-0.39, 0.29) is 17.8 Å². The lowest BCUT2D eigenvalue weighted by atomic mass is 10.1. The molecule has 126 valence electrons. The minimum Gasteiger partial charge on any atom is -1.00 e. The number of hydrogen-bond donors (Lipinski definition) is 0. The van der Waals surface area contributed by atoms with Crippen molar-refractivity contribution < 1.29 is 26.1 Å². The van der Waals surface area contributed by atoms with Crippen molar-refractivity contribution in [2.75, 3.05) is 7.11 Å². The molecule has 0 N–H and O–H groups in total. The van der Waals surface area contributed by atoms with Crippen LogP contribution in [-0.2, 0) is 6.54 Å². The van der Waals surface area contributed by atoms with Crippen molar-refractivity contribution in [2.24, 2.45) is 0 Å². The van der Waals surface area contributed by atoms with Gasteiger partial charge in [-0.25, -0.2) is 4.57 Å². The molecule has 0 unspecified atom stereocenters. The fourth-order valence-electron chi connectivity index (χ4n) is 2.92. The number of rotatable bonds is 3. The van der Waals surface area contributed by atoms with E-state index < -0.39 is 0 Å². The average molecular weight is 354 g/mol. The Bertz CT molecular complexity index is 1090. The molecule has 2 aromatic carbocycles. The summed E-state index contributed by atoms with van der Waals surface area (Å²) in [5.41, 5.74) is 2.04. The van der Waals surface area contributed by atoms with Crippen LogP contribution in [-0.4, -0.2) is 7.11 Å². The van der Waals surface area contributed by atoms with E-state index in [0.29, 0.717) is 34.2 Å². The highest BCUT2D eigenvalue weighted by molar-refractivity contribution is 5.90. The summed E-state index contributed by atoms with van der Waals surface area (Å²) in [6, 6.07) is 16.9. The van der Waals surface area contributed by atoms with E-state index in [1.54, 1.807) is 25.3 Å². The first kappa shape index (κ1) is 17.0. The summed E-state index contributed by atoms with van der Waals surface area (Å²) in [5, 5.41) is 1.16. The molecule has 0 radical (unpaired) electrons. The van der Waals surface area contributed by atoms with Gasteiger partial charge in [-0.15, -0.1) is 0 Å². The van der Waals surface area contributed by atoms with Crippen molar-refractivity contribution in [3.63, 3.8) is 0 Å². The third-order valence-electron chi connectivity index (χ3n) is 4.11. The SMILES string of the molecule is COc1cc2oc3ccccc3c(=O)c2cc1C[n+]1ccccc1.[Cl-]. The van der Waals surface area contributed by atoms with E-state index in [0.717, 1.165) is 5.56 Å². The van der Waals surface area contributed by atoms with Gasteiger partial charge in [0.2, 0.25) is 5.43 Å². The van der Waals surface area contributed by atoms with Crippen molar-refractivity contribution in [3.05, 3.63) is 82.8 Å². The van der Waals surface area contributed by atoms with Gasteiger partial charge in [0.15, 0.2) is 18.9 Å². The second-order valence-electron chi connectivity index (χ2n) is 5.64. The third-order valence-corrected chi connectivity index (χ3v) is 4.11. The molecule has 4 nitrogen and oxygen atoms in total. The Kier molecular flexibility index (Phi) is 4.72. The Morgan fingerprint density at radius 1 is 0.960 bits per heavy atom. The summed E-state index contributed by atoms with van der Waals surface area (Å²) in [6.45, 7) is 0.617. The average Bonchev–Trinajstić information content (AvgIpc) is 2.63. The number of nitrogens with zero attached hydrogens (tertiary/aromatic N) is 1. The maximum Gasteiger partial charge on any atom is 0.200 e. The quantitative estimate of drug-likeness (QED) is 0.393. The smallest absolute Gasteiger partial charge is 0.200 e. The molecule has 4 aromatic rings. The minimum absolute atomic E-state index is 0. The third kappa shape index (κ3) is 3.08. The van der Waals surface area contributed by atoms with Gasteiger partial charge in [0.25, 0.3) is 0 Å². The number of aromatic nitrogens is 1. The summed E-state index contributed by atoms with van der Waals surface area (Å²) in [4.78, 5) is 12.8. The Morgan fingerprint density at radius 2 is 1.72 bits per heavy atom. The van der Waals surface area contributed by atoms with E-state index in [1.165, 1.54) is 0 Å². The van der Waals surface area contributed by atoms with Crippen LogP contribution < -0.4 is 27.1 Å². The fourth-order valence-corrected chi connectivity index (χ4v) is 2.92. The first-order valence-corrected chi connectivity index (χ1v) is 7.73. The topological polar surface area (TPSA) is 43.3 Å². The molecule has 0 saturated heterocycles. The molecule has 0 aliphatic heterocycles. The molecule has 0 fully saturated rings. The van der Waals surface area contributed by atoms with Gasteiger partial charge in [-0.3, -0.25) is 4.79 Å². The Balaban J connectivity index is 0.00000182. The normalized spacial score (nSPS) is 10.6. The van der Waals surface area contributed by atoms with Crippen LogP contribution >= 0.6 is 0 Å². The number of methoxy groups -OCH3 is 1. The number of para-hydroxylation sites is 1. The Labute approximate surface area is 150 Å². The second-order valence-corrected chi connectivity index (χ2v) is 5.64. The minimum atomic E-state index is -0.0196. The lowest BCUT2D eigenvalue weighted by Crippen LogP contribution is -3.00. The van der Waals surface area contributed by atoms with Gasteiger partial charge in [0.1, 0.15) is 16.9 Å². The highest BCUT2D eigenvalue weighted by Crippen LogP contribution is 2.26. The molecule has 2 aromatic heterocycles. The molecule has 4 rings (SSSR count). The van der Waals surface area contributed by atoms with Crippen LogP contribution in [0.3, 0.4) is 0 Å². The van der Waals surface area contributed by atoms with Gasteiger partial charge in [-0.1, -0.05) is 18.2 Å². The molecule has 0 aliphatic rings. The summed E-state index contributed by atoms with van der Waals surface area (Å²) >= 11 is 0. The molecular formula is C20H16ClNO3. The van der Waals surface area contributed by atoms with Gasteiger partial charge in [-0.05, 0) is 18.2 Å². The van der Waals surface area contributed by atoms with Crippen LogP contribution in [0.5, 0.6) is 5.75 Å². The number of hydrogen-bond acceptors (Lipinski definition) is 3. The van der Waals surface area contributed by atoms with Gasteiger partial charge < -0.3 is 21.6 Å². The first-order chi connectivity index (χ1) is 11.8. The number of benzene rings is 2. The van der Waals surface area contributed by atoms with Crippen molar-refractivity contribution in [3.8, 4) is 5.75 Å². The van der Waals surface area contributed by atoms with Crippen LogP contribution in [0.2, 0.25) is 0 Å². The molecule has 0 amide bonds. The number of fused-ring (bicyclic) bond motifs is 2. The second kappa shape index (κ2) is 6.95. The zero-order chi connectivity index (χ0) is 16.5. The van der Waals surface area contributed by atoms with E-state index in [9.17, 15) is 4.79 Å². The molecule has 0 aliphatic carbocycles. The summed E-state index contributed by atoms with van der Waals surface area (Å²) in [6.07, 6.45) is 3.96. The van der Waals surface area contributed by atoms with Gasteiger partial charge in [0, 0.05) is 18.2 Å². The summed E-state index contributed by atoms with van der Waals surface area (Å²) in [5.74, 6) is 0.706. The van der Waals surface area contributed by atoms with Gasteiger partial charge in [0.05, 0.1) is 23.4 Å². The molecule has 0 atom stereocenters. The van der Waals surface area contributed by atoms with Crippen molar-refractivity contribution in [1.29, 1.82) is 0 Å². The summed E-state index contributed by atoms with van der Waals surface area (Å²) < 4.78 is 13.4. The standard InChI is InChI=1S/C20H16NO3.ClH/c1-23-18-12-19-16(11-14(18)13-21-9-5-2-6-10-21)20(22)15-7-3-4-8-17(15)24-19;/h2-12H,13H2,1H3;1H/q+1;/p-1. The largest absolute Gasteiger partial charge is 1.00 e. The predicted octanol–water partition coefficient (Wildman–Crippen LogP) is 0.295. The molecule has 0 saturated carbocycles. The van der Waals surface area contributed by atoms with Crippen LogP contribution in [0.4, 0.5) is 0 Å². The van der Waals surface area contributed by atoms with Gasteiger partial charge in [-0.2, -0.15) is 0 Å². The van der Waals surface area contributed by atoms with Gasteiger partial charge >= 0.3 is 0 Å². The monoisotopic (exact) mass is 353 g/mol. The van der Waals surface area contributed by atoms with Crippen LogP contribution in [0, 0.1) is 0 Å². The highest BCUT2D eigenvalue weighted by atomic mass is 35.5. The van der Waals surface area contributed by atoms with Crippen molar-refractivity contribution in [2.45, 2.75) is 6.54 Å². The van der Waals surface area contributed by atoms with E-state index in [1.807, 2.05) is 53.4 Å². The molecule has 25 heavy (non-hydrogen) atoms. The lowest BCUT2D eigenvalue weighted by molar-refractivity contribution is -0.688. The number of pyridine rings is 1. The molecule has 2 heterocycles. The summed E-state index contributed by atoms with van der Waals surface area (Å²) in [7, 11) is 1.62. The number of ether oxygens (including phenoxy) is 1. The Hall–Kier alpha value is -2.85. The van der Waals surface area contributed by atoms with Crippen molar-refractivity contribution in [1.82, 2.24) is 0 Å². The maximum atomic E-state index is 12.8. The first-order valence-electron chi connectivity index (χ1n) is 7.73.